The number of hydrogen-bond donors (Lipinski definition) is 2. The van der Waals surface area contributed by atoms with E-state index in [4.69, 9.17) is 14.2 Å². The molecule has 25 heavy (non-hydrogen) atoms. The zero-order valence-electron chi connectivity index (χ0n) is 14.5. The van der Waals surface area contributed by atoms with E-state index in [-0.39, 0.29) is 12.1 Å². The van der Waals surface area contributed by atoms with Gasteiger partial charge in [-0.3, -0.25) is 0 Å². The highest BCUT2D eigenvalue weighted by molar-refractivity contribution is 5.43. The van der Waals surface area contributed by atoms with Gasteiger partial charge in [0.15, 0.2) is 11.5 Å². The maximum atomic E-state index is 9.65. The Morgan fingerprint density at radius 1 is 1.12 bits per heavy atom. The molecule has 2 aromatic rings. The van der Waals surface area contributed by atoms with Gasteiger partial charge >= 0.3 is 0 Å². The summed E-state index contributed by atoms with van der Waals surface area (Å²) < 4.78 is 16.8. The standard InChI is InChI=1S/C20H25NO4/c1-23-18-8-7-17(12-21-20(14-22)9-10-24-15-20)11-19(18)25-13-16-5-3-2-4-6-16/h2-8,11,21-22H,9-10,12-15H2,1H3/t20-/m1/s1. The number of nitrogens with one attached hydrogen (secondary N) is 1. The molecule has 1 aliphatic heterocycles. The van der Waals surface area contributed by atoms with Crippen molar-refractivity contribution < 1.29 is 19.3 Å². The van der Waals surface area contributed by atoms with Crippen LogP contribution in [0.25, 0.3) is 0 Å². The number of hydrogen-bond acceptors (Lipinski definition) is 5. The first-order valence-corrected chi connectivity index (χ1v) is 8.52. The summed E-state index contributed by atoms with van der Waals surface area (Å²) in [5.41, 5.74) is 1.84. The minimum Gasteiger partial charge on any atom is -0.493 e. The van der Waals surface area contributed by atoms with Gasteiger partial charge in [-0.05, 0) is 29.7 Å². The Kier molecular flexibility index (Phi) is 5.91. The number of rotatable bonds is 8. The van der Waals surface area contributed by atoms with E-state index >= 15 is 0 Å². The smallest absolute Gasteiger partial charge is 0.161 e. The number of aliphatic hydroxyl groups is 1. The monoisotopic (exact) mass is 343 g/mol. The molecule has 2 aromatic carbocycles. The minimum atomic E-state index is -0.342. The minimum absolute atomic E-state index is 0.0700. The van der Waals surface area contributed by atoms with Crippen molar-refractivity contribution in [3.8, 4) is 11.5 Å². The van der Waals surface area contributed by atoms with Crippen molar-refractivity contribution in [2.24, 2.45) is 0 Å². The second-order valence-corrected chi connectivity index (χ2v) is 6.35. The van der Waals surface area contributed by atoms with Crippen LogP contribution >= 0.6 is 0 Å². The fraction of sp³-hybridized carbons (Fsp3) is 0.400. The second-order valence-electron chi connectivity index (χ2n) is 6.35. The fourth-order valence-corrected chi connectivity index (χ4v) is 2.90. The average molecular weight is 343 g/mol. The van der Waals surface area contributed by atoms with Crippen LogP contribution in [0.3, 0.4) is 0 Å². The first-order chi connectivity index (χ1) is 12.2. The third kappa shape index (κ3) is 4.51. The van der Waals surface area contributed by atoms with Gasteiger partial charge in [0.1, 0.15) is 6.61 Å². The summed E-state index contributed by atoms with van der Waals surface area (Å²) in [7, 11) is 1.64. The number of aliphatic hydroxyl groups excluding tert-OH is 1. The molecule has 1 atom stereocenters. The van der Waals surface area contributed by atoms with Crippen LogP contribution in [0.4, 0.5) is 0 Å². The molecule has 0 amide bonds. The summed E-state index contributed by atoms with van der Waals surface area (Å²) in [6.07, 6.45) is 0.816. The molecule has 5 nitrogen and oxygen atoms in total. The Hall–Kier alpha value is -2.08. The molecule has 1 aliphatic rings. The Labute approximate surface area is 148 Å². The first kappa shape index (κ1) is 17.7. The van der Waals surface area contributed by atoms with E-state index in [1.807, 2.05) is 48.5 Å². The van der Waals surface area contributed by atoms with Gasteiger partial charge in [-0.2, -0.15) is 0 Å². The van der Waals surface area contributed by atoms with E-state index in [1.54, 1.807) is 7.11 Å². The van der Waals surface area contributed by atoms with Crippen molar-refractivity contribution in [1.82, 2.24) is 5.32 Å². The van der Waals surface area contributed by atoms with Crippen molar-refractivity contribution in [3.63, 3.8) is 0 Å². The molecule has 0 bridgehead atoms. The van der Waals surface area contributed by atoms with Crippen molar-refractivity contribution in [3.05, 3.63) is 59.7 Å². The molecular formula is C20H25NO4. The van der Waals surface area contributed by atoms with Gasteiger partial charge in [0.05, 0.1) is 25.9 Å². The lowest BCUT2D eigenvalue weighted by molar-refractivity contribution is 0.120. The largest absolute Gasteiger partial charge is 0.493 e. The quantitative estimate of drug-likeness (QED) is 0.771. The Balaban J connectivity index is 1.66. The molecule has 2 N–H and O–H groups in total. The maximum absolute atomic E-state index is 9.65. The van der Waals surface area contributed by atoms with Crippen LogP contribution in [0.1, 0.15) is 17.5 Å². The molecule has 0 unspecified atom stereocenters. The van der Waals surface area contributed by atoms with Crippen LogP contribution in [0, 0.1) is 0 Å². The summed E-state index contributed by atoms with van der Waals surface area (Å²) in [4.78, 5) is 0. The van der Waals surface area contributed by atoms with Gasteiger partial charge in [0, 0.05) is 13.2 Å². The van der Waals surface area contributed by atoms with Gasteiger partial charge in [-0.15, -0.1) is 0 Å². The molecule has 0 aromatic heterocycles. The van der Waals surface area contributed by atoms with Gasteiger partial charge in [0.2, 0.25) is 0 Å². The molecule has 0 aliphatic carbocycles. The first-order valence-electron chi connectivity index (χ1n) is 8.52. The molecule has 5 heteroatoms. The number of benzene rings is 2. The van der Waals surface area contributed by atoms with Crippen molar-refractivity contribution >= 4 is 0 Å². The maximum Gasteiger partial charge on any atom is 0.161 e. The Bertz CT molecular complexity index is 669. The summed E-state index contributed by atoms with van der Waals surface area (Å²) in [6, 6.07) is 15.9. The lowest BCUT2D eigenvalue weighted by atomic mass is 9.99. The second kappa shape index (κ2) is 8.34. The van der Waals surface area contributed by atoms with E-state index in [1.165, 1.54) is 0 Å². The van der Waals surface area contributed by atoms with Gasteiger partial charge in [-0.25, -0.2) is 0 Å². The molecule has 3 rings (SSSR count). The van der Waals surface area contributed by atoms with Crippen molar-refractivity contribution in [2.75, 3.05) is 26.9 Å². The van der Waals surface area contributed by atoms with E-state index in [9.17, 15) is 5.11 Å². The molecule has 1 fully saturated rings. The highest BCUT2D eigenvalue weighted by Crippen LogP contribution is 2.29. The predicted molar refractivity (Wildman–Crippen MR) is 95.9 cm³/mol. The lowest BCUT2D eigenvalue weighted by Gasteiger charge is -2.26. The fourth-order valence-electron chi connectivity index (χ4n) is 2.90. The van der Waals surface area contributed by atoms with Crippen LogP contribution < -0.4 is 14.8 Å². The Morgan fingerprint density at radius 2 is 1.96 bits per heavy atom. The molecule has 1 heterocycles. The lowest BCUT2D eigenvalue weighted by Crippen LogP contribution is -2.48. The predicted octanol–water partition coefficient (Wildman–Crippen LogP) is 2.52. The highest BCUT2D eigenvalue weighted by Gasteiger charge is 2.33. The van der Waals surface area contributed by atoms with Crippen LogP contribution in [-0.2, 0) is 17.9 Å². The van der Waals surface area contributed by atoms with Crippen LogP contribution in [0.2, 0.25) is 0 Å². The molecule has 134 valence electrons. The normalized spacial score (nSPS) is 19.8. The molecule has 1 saturated heterocycles. The number of methoxy groups -OCH3 is 1. The topological polar surface area (TPSA) is 60.0 Å². The van der Waals surface area contributed by atoms with E-state index in [0.717, 1.165) is 17.5 Å². The summed E-state index contributed by atoms with van der Waals surface area (Å²) in [5.74, 6) is 1.42. The zero-order valence-corrected chi connectivity index (χ0v) is 14.5. The van der Waals surface area contributed by atoms with Crippen LogP contribution in [0.15, 0.2) is 48.5 Å². The average Bonchev–Trinajstić information content (AvgIpc) is 3.15. The van der Waals surface area contributed by atoms with Gasteiger partial charge < -0.3 is 24.6 Å². The highest BCUT2D eigenvalue weighted by atomic mass is 16.5. The van der Waals surface area contributed by atoms with E-state index < -0.39 is 0 Å². The number of ether oxygens (including phenoxy) is 3. The van der Waals surface area contributed by atoms with Crippen LogP contribution in [0.5, 0.6) is 11.5 Å². The van der Waals surface area contributed by atoms with E-state index in [2.05, 4.69) is 5.32 Å². The zero-order chi connectivity index (χ0) is 17.5. The molecule has 0 spiro atoms. The van der Waals surface area contributed by atoms with Gasteiger partial charge in [-0.1, -0.05) is 36.4 Å². The molecular weight excluding hydrogens is 318 g/mol. The summed E-state index contributed by atoms with van der Waals surface area (Å²) in [6.45, 7) is 2.41. The third-order valence-corrected chi connectivity index (χ3v) is 4.54. The molecule has 0 radical (unpaired) electrons. The van der Waals surface area contributed by atoms with Crippen molar-refractivity contribution in [2.45, 2.75) is 25.1 Å². The van der Waals surface area contributed by atoms with Crippen molar-refractivity contribution in [1.29, 1.82) is 0 Å². The van der Waals surface area contributed by atoms with Gasteiger partial charge in [0.25, 0.3) is 0 Å². The third-order valence-electron chi connectivity index (χ3n) is 4.54. The van der Waals surface area contributed by atoms with Crippen LogP contribution in [-0.4, -0.2) is 37.6 Å². The SMILES string of the molecule is COc1ccc(CN[C@@]2(CO)CCOC2)cc1OCc1ccccc1. The summed E-state index contributed by atoms with van der Waals surface area (Å²) in [5, 5.41) is 13.1. The Morgan fingerprint density at radius 3 is 2.64 bits per heavy atom. The molecule has 0 saturated carbocycles. The summed E-state index contributed by atoms with van der Waals surface area (Å²) >= 11 is 0. The van der Waals surface area contributed by atoms with E-state index in [0.29, 0.717) is 37.9 Å².